The number of carbonyl (C=O) groups is 2. The molecule has 5 heteroatoms. The monoisotopic (exact) mass is 352 g/mol. The third-order valence-corrected chi connectivity index (χ3v) is 4.62. The molecule has 0 aliphatic carbocycles. The van der Waals surface area contributed by atoms with Crippen molar-refractivity contribution in [2.75, 3.05) is 18.9 Å². The van der Waals surface area contributed by atoms with Crippen molar-refractivity contribution < 1.29 is 14.3 Å². The minimum Gasteiger partial charge on any atom is -0.480 e. The number of likely N-dealkylation sites (N-methyl/N-ethyl adjacent to an activating group) is 1. The first kappa shape index (κ1) is 18.0. The minimum absolute atomic E-state index is 0.0121. The molecule has 2 amide bonds. The number of anilines is 1. The Kier molecular flexibility index (Phi) is 4.98. The van der Waals surface area contributed by atoms with Gasteiger partial charge in [-0.25, -0.2) is 0 Å². The van der Waals surface area contributed by atoms with Crippen molar-refractivity contribution in [3.63, 3.8) is 0 Å². The standard InChI is InChI=1S/C21H24N2O3/c1-13-9-14(2)20(15(3)10-13)22-19(24)12-23(4)21(25)18-11-16-7-5-6-8-17(16)26-18/h5-10,18H,11-12H2,1-4H3,(H,22,24)/t18-/m1/s1. The Labute approximate surface area is 154 Å². The van der Waals surface area contributed by atoms with Crippen LogP contribution in [-0.2, 0) is 16.0 Å². The molecule has 0 saturated carbocycles. The fourth-order valence-electron chi connectivity index (χ4n) is 3.42. The Balaban J connectivity index is 1.61. The molecule has 0 bridgehead atoms. The molecule has 1 aliphatic heterocycles. The van der Waals surface area contributed by atoms with Crippen molar-refractivity contribution in [1.82, 2.24) is 4.90 Å². The van der Waals surface area contributed by atoms with Crippen molar-refractivity contribution in [3.05, 3.63) is 58.7 Å². The predicted octanol–water partition coefficient (Wildman–Crippen LogP) is 3.01. The Morgan fingerprint density at radius 1 is 1.15 bits per heavy atom. The molecule has 1 heterocycles. The molecule has 1 aliphatic rings. The number of hydrogen-bond donors (Lipinski definition) is 1. The Morgan fingerprint density at radius 3 is 2.46 bits per heavy atom. The van der Waals surface area contributed by atoms with Crippen LogP contribution in [0.5, 0.6) is 5.75 Å². The molecular formula is C21H24N2O3. The molecule has 2 aromatic rings. The van der Waals surface area contributed by atoms with Crippen LogP contribution in [-0.4, -0.2) is 36.4 Å². The molecule has 0 saturated heterocycles. The number of benzene rings is 2. The summed E-state index contributed by atoms with van der Waals surface area (Å²) in [6.45, 7) is 5.95. The van der Waals surface area contributed by atoms with Gasteiger partial charge in [0, 0.05) is 19.2 Å². The van der Waals surface area contributed by atoms with E-state index in [4.69, 9.17) is 4.74 Å². The van der Waals surface area contributed by atoms with Crippen LogP contribution >= 0.6 is 0 Å². The molecule has 1 atom stereocenters. The molecule has 0 fully saturated rings. The number of para-hydroxylation sites is 1. The lowest BCUT2D eigenvalue weighted by molar-refractivity contribution is -0.139. The van der Waals surface area contributed by atoms with Gasteiger partial charge in [0.1, 0.15) is 5.75 Å². The van der Waals surface area contributed by atoms with Gasteiger partial charge < -0.3 is 15.0 Å². The lowest BCUT2D eigenvalue weighted by Gasteiger charge is -2.21. The Hall–Kier alpha value is -2.82. The Bertz CT molecular complexity index is 812. The number of nitrogens with zero attached hydrogens (tertiary/aromatic N) is 1. The van der Waals surface area contributed by atoms with Crippen molar-refractivity contribution >= 4 is 17.5 Å². The number of aryl methyl sites for hydroxylation is 3. The summed E-state index contributed by atoms with van der Waals surface area (Å²) in [4.78, 5) is 26.4. The lowest BCUT2D eigenvalue weighted by atomic mass is 10.1. The summed E-state index contributed by atoms with van der Waals surface area (Å²) < 4.78 is 5.72. The molecule has 0 spiro atoms. The summed E-state index contributed by atoms with van der Waals surface area (Å²) in [5.41, 5.74) is 5.02. The number of fused-ring (bicyclic) bond motifs is 1. The average Bonchev–Trinajstić information content (AvgIpc) is 3.01. The molecule has 26 heavy (non-hydrogen) atoms. The summed E-state index contributed by atoms with van der Waals surface area (Å²) in [5, 5.41) is 2.93. The van der Waals surface area contributed by atoms with Crippen molar-refractivity contribution in [3.8, 4) is 5.75 Å². The molecule has 1 N–H and O–H groups in total. The van der Waals surface area contributed by atoms with Crippen LogP contribution in [0.3, 0.4) is 0 Å². The fraction of sp³-hybridized carbons (Fsp3) is 0.333. The van der Waals surface area contributed by atoms with Gasteiger partial charge in [0.25, 0.3) is 5.91 Å². The van der Waals surface area contributed by atoms with E-state index in [0.29, 0.717) is 6.42 Å². The molecule has 0 radical (unpaired) electrons. The zero-order valence-corrected chi connectivity index (χ0v) is 15.6. The SMILES string of the molecule is Cc1cc(C)c(NC(=O)CN(C)C(=O)[C@H]2Cc3ccccc3O2)c(C)c1. The van der Waals surface area contributed by atoms with Crippen molar-refractivity contribution in [1.29, 1.82) is 0 Å². The summed E-state index contributed by atoms with van der Waals surface area (Å²) >= 11 is 0. The van der Waals surface area contributed by atoms with Gasteiger partial charge in [0.05, 0.1) is 6.54 Å². The molecule has 136 valence electrons. The van der Waals surface area contributed by atoms with Gasteiger partial charge in [-0.1, -0.05) is 35.9 Å². The summed E-state index contributed by atoms with van der Waals surface area (Å²) in [5.74, 6) is 0.342. The van der Waals surface area contributed by atoms with Crippen LogP contribution < -0.4 is 10.1 Å². The fourth-order valence-corrected chi connectivity index (χ4v) is 3.42. The normalized spacial score (nSPS) is 15.2. The summed E-state index contributed by atoms with van der Waals surface area (Å²) in [7, 11) is 1.63. The van der Waals surface area contributed by atoms with Gasteiger partial charge in [-0.05, 0) is 43.5 Å². The van der Waals surface area contributed by atoms with Gasteiger partial charge in [0.2, 0.25) is 5.91 Å². The van der Waals surface area contributed by atoms with E-state index in [1.165, 1.54) is 4.90 Å². The highest BCUT2D eigenvalue weighted by Gasteiger charge is 2.31. The van der Waals surface area contributed by atoms with Gasteiger partial charge >= 0.3 is 0 Å². The van der Waals surface area contributed by atoms with Gasteiger partial charge in [-0.3, -0.25) is 9.59 Å². The lowest BCUT2D eigenvalue weighted by Crippen LogP contribution is -2.42. The number of amides is 2. The van der Waals surface area contributed by atoms with Gasteiger partial charge in [0.15, 0.2) is 6.10 Å². The van der Waals surface area contributed by atoms with E-state index in [1.54, 1.807) is 7.05 Å². The second-order valence-corrected chi connectivity index (χ2v) is 6.93. The van der Waals surface area contributed by atoms with E-state index in [2.05, 4.69) is 5.32 Å². The van der Waals surface area contributed by atoms with Crippen LogP contribution in [0.1, 0.15) is 22.3 Å². The summed E-state index contributed by atoms with van der Waals surface area (Å²) in [6, 6.07) is 11.7. The van der Waals surface area contributed by atoms with Crippen LogP contribution in [0.2, 0.25) is 0 Å². The highest BCUT2D eigenvalue weighted by molar-refractivity contribution is 5.96. The average molecular weight is 352 g/mol. The van der Waals surface area contributed by atoms with E-state index >= 15 is 0 Å². The first-order valence-electron chi connectivity index (χ1n) is 8.72. The maximum atomic E-state index is 12.6. The van der Waals surface area contributed by atoms with E-state index in [9.17, 15) is 9.59 Å². The molecular weight excluding hydrogens is 328 g/mol. The van der Waals surface area contributed by atoms with Crippen LogP contribution in [0, 0.1) is 20.8 Å². The predicted molar refractivity (Wildman–Crippen MR) is 101 cm³/mol. The molecule has 3 rings (SSSR count). The summed E-state index contributed by atoms with van der Waals surface area (Å²) in [6.07, 6.45) is -0.0232. The largest absolute Gasteiger partial charge is 0.480 e. The number of carbonyl (C=O) groups excluding carboxylic acids is 2. The maximum Gasteiger partial charge on any atom is 0.264 e. The van der Waals surface area contributed by atoms with Gasteiger partial charge in [-0.15, -0.1) is 0 Å². The third kappa shape index (κ3) is 3.72. The number of nitrogens with one attached hydrogen (secondary N) is 1. The number of rotatable bonds is 4. The molecule has 0 aromatic heterocycles. The first-order valence-corrected chi connectivity index (χ1v) is 8.72. The number of hydrogen-bond acceptors (Lipinski definition) is 3. The second kappa shape index (κ2) is 7.20. The highest BCUT2D eigenvalue weighted by Crippen LogP contribution is 2.28. The molecule has 2 aromatic carbocycles. The quantitative estimate of drug-likeness (QED) is 0.920. The second-order valence-electron chi connectivity index (χ2n) is 6.93. The van der Waals surface area contributed by atoms with Crippen LogP contribution in [0.25, 0.3) is 0 Å². The molecule has 0 unspecified atom stereocenters. The van der Waals surface area contributed by atoms with Gasteiger partial charge in [-0.2, -0.15) is 0 Å². The van der Waals surface area contributed by atoms with E-state index in [-0.39, 0.29) is 18.4 Å². The molecule has 5 nitrogen and oxygen atoms in total. The van der Waals surface area contributed by atoms with Crippen LogP contribution in [0.4, 0.5) is 5.69 Å². The smallest absolute Gasteiger partial charge is 0.264 e. The van der Waals surface area contributed by atoms with E-state index < -0.39 is 6.10 Å². The Morgan fingerprint density at radius 2 is 1.81 bits per heavy atom. The van der Waals surface area contributed by atoms with Crippen molar-refractivity contribution in [2.24, 2.45) is 0 Å². The van der Waals surface area contributed by atoms with Crippen molar-refractivity contribution in [2.45, 2.75) is 33.3 Å². The third-order valence-electron chi connectivity index (χ3n) is 4.62. The zero-order chi connectivity index (χ0) is 18.8. The highest BCUT2D eigenvalue weighted by atomic mass is 16.5. The topological polar surface area (TPSA) is 58.6 Å². The van der Waals surface area contributed by atoms with E-state index in [1.807, 2.05) is 57.2 Å². The number of ether oxygens (including phenoxy) is 1. The van der Waals surface area contributed by atoms with Crippen LogP contribution in [0.15, 0.2) is 36.4 Å². The maximum absolute atomic E-state index is 12.6. The minimum atomic E-state index is -0.562. The first-order chi connectivity index (χ1) is 12.3. The van der Waals surface area contributed by atoms with E-state index in [0.717, 1.165) is 33.7 Å². The zero-order valence-electron chi connectivity index (χ0n) is 15.6.